The lowest BCUT2D eigenvalue weighted by atomic mass is 9.61. The predicted octanol–water partition coefficient (Wildman–Crippen LogP) is 7.89. The Morgan fingerprint density at radius 2 is 1.03 bits per heavy atom. The predicted molar refractivity (Wildman–Crippen MR) is 158 cm³/mol. The van der Waals surface area contributed by atoms with Gasteiger partial charge in [-0.05, 0) is 51.1 Å². The Hall–Kier alpha value is -4.14. The molecule has 7 rings (SSSR count). The minimum absolute atomic E-state index is 0.109. The Kier molecular flexibility index (Phi) is 5.45. The standard InChI is InChI=1S/C36H32N2/c1-38(2)28-23-21-25(22-24-28)33-34(26-13-5-3-6-14-26)37-35(27-15-7-4-8-16-27)36(33)31-19-11-9-17-29(31)30-18-10-12-20-32(30)36/h3-24,33-35,37H,1-2H3/t33-,34-,35-/m1/s1. The van der Waals surface area contributed by atoms with Gasteiger partial charge in [-0.15, -0.1) is 0 Å². The van der Waals surface area contributed by atoms with E-state index in [1.165, 1.54) is 44.6 Å². The van der Waals surface area contributed by atoms with E-state index in [0.717, 1.165) is 0 Å². The van der Waals surface area contributed by atoms with E-state index in [1.54, 1.807) is 0 Å². The van der Waals surface area contributed by atoms with Gasteiger partial charge < -0.3 is 10.2 Å². The van der Waals surface area contributed by atoms with E-state index in [-0.39, 0.29) is 23.4 Å². The summed E-state index contributed by atoms with van der Waals surface area (Å²) in [6.45, 7) is 0. The Balaban J connectivity index is 1.57. The molecule has 0 aromatic heterocycles. The van der Waals surface area contributed by atoms with Crippen molar-refractivity contribution in [3.63, 3.8) is 0 Å². The number of anilines is 1. The molecule has 0 unspecified atom stereocenters. The largest absolute Gasteiger partial charge is 0.378 e. The van der Waals surface area contributed by atoms with Crippen molar-refractivity contribution < 1.29 is 0 Å². The van der Waals surface area contributed by atoms with Crippen molar-refractivity contribution >= 4 is 5.69 Å². The maximum Gasteiger partial charge on any atom is 0.0496 e. The fraction of sp³-hybridized carbons (Fsp3) is 0.167. The highest BCUT2D eigenvalue weighted by Gasteiger charge is 2.61. The summed E-state index contributed by atoms with van der Waals surface area (Å²) >= 11 is 0. The van der Waals surface area contributed by atoms with Crippen molar-refractivity contribution in [1.82, 2.24) is 5.32 Å². The van der Waals surface area contributed by atoms with Crippen LogP contribution in [0.5, 0.6) is 0 Å². The first kappa shape index (κ1) is 23.0. The van der Waals surface area contributed by atoms with E-state index in [2.05, 4.69) is 158 Å². The number of nitrogens with one attached hydrogen (secondary N) is 1. The van der Waals surface area contributed by atoms with E-state index in [9.17, 15) is 0 Å². The Labute approximate surface area is 225 Å². The van der Waals surface area contributed by atoms with Crippen LogP contribution < -0.4 is 10.2 Å². The molecule has 5 aromatic rings. The summed E-state index contributed by atoms with van der Waals surface area (Å²) in [5.41, 5.74) is 10.5. The molecule has 1 heterocycles. The van der Waals surface area contributed by atoms with Gasteiger partial charge in [-0.1, -0.05) is 121 Å². The molecule has 5 aromatic carbocycles. The van der Waals surface area contributed by atoms with Crippen molar-refractivity contribution in [1.29, 1.82) is 0 Å². The monoisotopic (exact) mass is 492 g/mol. The molecular weight excluding hydrogens is 460 g/mol. The van der Waals surface area contributed by atoms with Crippen LogP contribution in [0.4, 0.5) is 5.69 Å². The summed E-state index contributed by atoms with van der Waals surface area (Å²) in [6.07, 6.45) is 0. The zero-order valence-corrected chi connectivity index (χ0v) is 21.9. The number of hydrogen-bond acceptors (Lipinski definition) is 2. The van der Waals surface area contributed by atoms with E-state index < -0.39 is 0 Å². The quantitative estimate of drug-likeness (QED) is 0.274. The van der Waals surface area contributed by atoms with Gasteiger partial charge in [0, 0.05) is 43.2 Å². The van der Waals surface area contributed by atoms with Crippen LogP contribution in [-0.2, 0) is 5.41 Å². The van der Waals surface area contributed by atoms with Gasteiger partial charge in [0.2, 0.25) is 0 Å². The van der Waals surface area contributed by atoms with Crippen LogP contribution in [0.15, 0.2) is 133 Å². The van der Waals surface area contributed by atoms with Crippen molar-refractivity contribution in [3.8, 4) is 11.1 Å². The topological polar surface area (TPSA) is 15.3 Å². The molecule has 1 aliphatic carbocycles. The number of hydrogen-bond donors (Lipinski definition) is 1. The number of fused-ring (bicyclic) bond motifs is 5. The first-order valence-corrected chi connectivity index (χ1v) is 13.5. The summed E-state index contributed by atoms with van der Waals surface area (Å²) in [5, 5.41) is 4.21. The number of benzene rings is 5. The molecule has 2 nitrogen and oxygen atoms in total. The second-order valence-corrected chi connectivity index (χ2v) is 10.8. The van der Waals surface area contributed by atoms with Crippen LogP contribution >= 0.6 is 0 Å². The van der Waals surface area contributed by atoms with E-state index in [0.29, 0.717) is 0 Å². The molecule has 2 heteroatoms. The highest BCUT2D eigenvalue weighted by molar-refractivity contribution is 5.83. The van der Waals surface area contributed by atoms with Gasteiger partial charge in [-0.3, -0.25) is 0 Å². The molecular formula is C36H32N2. The first-order valence-electron chi connectivity index (χ1n) is 13.5. The molecule has 0 bridgehead atoms. The average molecular weight is 493 g/mol. The van der Waals surface area contributed by atoms with Crippen LogP contribution in [0, 0.1) is 0 Å². The van der Waals surface area contributed by atoms with Crippen LogP contribution in [0.3, 0.4) is 0 Å². The Morgan fingerprint density at radius 3 is 1.58 bits per heavy atom. The summed E-state index contributed by atoms with van der Waals surface area (Å²) in [5.74, 6) is 0.191. The van der Waals surface area contributed by atoms with Crippen LogP contribution in [-0.4, -0.2) is 14.1 Å². The minimum Gasteiger partial charge on any atom is -0.378 e. The van der Waals surface area contributed by atoms with Crippen LogP contribution in [0.2, 0.25) is 0 Å². The minimum atomic E-state index is -0.269. The third kappa shape index (κ3) is 3.30. The maximum absolute atomic E-state index is 4.21. The van der Waals surface area contributed by atoms with Crippen LogP contribution in [0.1, 0.15) is 45.8 Å². The maximum atomic E-state index is 4.21. The Bertz CT molecular complexity index is 1530. The molecule has 0 saturated carbocycles. The smallest absolute Gasteiger partial charge is 0.0496 e. The van der Waals surface area contributed by atoms with Gasteiger partial charge in [0.05, 0.1) is 0 Å². The van der Waals surface area contributed by atoms with Gasteiger partial charge in [-0.2, -0.15) is 0 Å². The third-order valence-corrected chi connectivity index (χ3v) is 8.72. The first-order chi connectivity index (χ1) is 18.7. The molecule has 0 amide bonds. The fourth-order valence-corrected chi connectivity index (χ4v) is 7.19. The van der Waals surface area contributed by atoms with Gasteiger partial charge >= 0.3 is 0 Å². The van der Waals surface area contributed by atoms with Crippen molar-refractivity contribution in [2.24, 2.45) is 0 Å². The van der Waals surface area contributed by atoms with Crippen molar-refractivity contribution in [2.75, 3.05) is 19.0 Å². The molecule has 0 radical (unpaired) electrons. The SMILES string of the molecule is CN(C)c1ccc([C@@H]2[C@@H](c3ccccc3)N[C@H](c3ccccc3)C23c2ccccc2-c2ccccc23)cc1. The molecule has 2 aliphatic rings. The molecule has 38 heavy (non-hydrogen) atoms. The van der Waals surface area contributed by atoms with Gasteiger partial charge in [0.25, 0.3) is 0 Å². The lowest BCUT2D eigenvalue weighted by Crippen LogP contribution is -2.36. The summed E-state index contributed by atoms with van der Waals surface area (Å²) in [4.78, 5) is 2.17. The van der Waals surface area contributed by atoms with Gasteiger partial charge in [0.15, 0.2) is 0 Å². The van der Waals surface area contributed by atoms with Crippen molar-refractivity contribution in [3.05, 3.63) is 161 Å². The molecule has 3 atom stereocenters. The Morgan fingerprint density at radius 1 is 0.526 bits per heavy atom. The summed E-state index contributed by atoms with van der Waals surface area (Å²) in [7, 11) is 4.21. The normalized spacial score (nSPS) is 20.7. The lowest BCUT2D eigenvalue weighted by Gasteiger charge is -2.40. The zero-order valence-electron chi connectivity index (χ0n) is 21.9. The zero-order chi connectivity index (χ0) is 25.7. The van der Waals surface area contributed by atoms with Crippen molar-refractivity contribution in [2.45, 2.75) is 23.4 Å². The van der Waals surface area contributed by atoms with Gasteiger partial charge in [0.1, 0.15) is 0 Å². The molecule has 1 saturated heterocycles. The van der Waals surface area contributed by atoms with E-state index >= 15 is 0 Å². The molecule has 1 aliphatic heterocycles. The van der Waals surface area contributed by atoms with E-state index in [1.807, 2.05) is 0 Å². The molecule has 186 valence electrons. The summed E-state index contributed by atoms with van der Waals surface area (Å²) < 4.78 is 0. The van der Waals surface area contributed by atoms with Gasteiger partial charge in [-0.25, -0.2) is 0 Å². The lowest BCUT2D eigenvalue weighted by molar-refractivity contribution is 0.420. The van der Waals surface area contributed by atoms with Crippen LogP contribution in [0.25, 0.3) is 11.1 Å². The third-order valence-electron chi connectivity index (χ3n) is 8.72. The van der Waals surface area contributed by atoms with E-state index in [4.69, 9.17) is 0 Å². The molecule has 1 fully saturated rings. The second-order valence-electron chi connectivity index (χ2n) is 10.8. The average Bonchev–Trinajstić information content (AvgIpc) is 3.49. The highest BCUT2D eigenvalue weighted by Crippen LogP contribution is 2.67. The second kappa shape index (κ2) is 9.01. The molecule has 1 spiro atoms. The number of rotatable bonds is 4. The summed E-state index contributed by atoms with van der Waals surface area (Å²) in [6, 6.07) is 49.8. The number of nitrogens with zero attached hydrogens (tertiary/aromatic N) is 1. The highest BCUT2D eigenvalue weighted by atomic mass is 15.1. The fourth-order valence-electron chi connectivity index (χ4n) is 7.19. The molecule has 1 N–H and O–H groups in total.